The van der Waals surface area contributed by atoms with Crippen molar-refractivity contribution in [2.24, 2.45) is 0 Å². The van der Waals surface area contributed by atoms with Crippen LogP contribution in [-0.2, 0) is 9.53 Å². The van der Waals surface area contributed by atoms with Gasteiger partial charge in [0.25, 0.3) is 0 Å². The Morgan fingerprint density at radius 2 is 1.95 bits per heavy atom. The smallest absolute Gasteiger partial charge is 0.337 e. The molecule has 0 saturated carbocycles. The van der Waals surface area contributed by atoms with Crippen LogP contribution >= 0.6 is 0 Å². The molecule has 1 aromatic rings. The van der Waals surface area contributed by atoms with E-state index in [1.807, 2.05) is 37.2 Å². The number of anilines is 1. The van der Waals surface area contributed by atoms with Crippen molar-refractivity contribution >= 4 is 17.7 Å². The second-order valence-electron chi connectivity index (χ2n) is 4.72. The van der Waals surface area contributed by atoms with Gasteiger partial charge in [-0.05, 0) is 26.2 Å². The van der Waals surface area contributed by atoms with Gasteiger partial charge in [-0.15, -0.1) is 0 Å². The van der Waals surface area contributed by atoms with Gasteiger partial charge in [0.15, 0.2) is 0 Å². The van der Waals surface area contributed by atoms with Crippen molar-refractivity contribution in [1.82, 2.24) is 10.2 Å². The van der Waals surface area contributed by atoms with E-state index in [0.29, 0.717) is 23.5 Å². The number of rotatable bonds is 4. The summed E-state index contributed by atoms with van der Waals surface area (Å²) in [6.07, 6.45) is 0. The van der Waals surface area contributed by atoms with Crippen molar-refractivity contribution in [1.29, 1.82) is 0 Å². The maximum atomic E-state index is 11.9. The monoisotopic (exact) mass is 275 g/mol. The van der Waals surface area contributed by atoms with Crippen LogP contribution in [0.3, 0.4) is 0 Å². The molecule has 0 aromatic heterocycles. The van der Waals surface area contributed by atoms with Gasteiger partial charge in [-0.3, -0.25) is 0 Å². The normalized spacial score (nSPS) is 14.4. The van der Waals surface area contributed by atoms with Crippen LogP contribution in [0.15, 0.2) is 41.6 Å². The van der Waals surface area contributed by atoms with Gasteiger partial charge >= 0.3 is 12.0 Å². The molecule has 0 unspecified atom stereocenters. The number of cyclic esters (lactones) is 1. The first-order chi connectivity index (χ1) is 9.56. The Morgan fingerprint density at radius 3 is 2.60 bits per heavy atom. The first-order valence-electron chi connectivity index (χ1n) is 6.23. The van der Waals surface area contributed by atoms with Crippen LogP contribution in [0.1, 0.15) is 0 Å². The minimum atomic E-state index is -0.388. The second kappa shape index (κ2) is 6.21. The van der Waals surface area contributed by atoms with E-state index in [-0.39, 0.29) is 18.6 Å². The topological polar surface area (TPSA) is 70.7 Å². The molecular weight excluding hydrogens is 258 g/mol. The second-order valence-corrected chi connectivity index (χ2v) is 4.72. The van der Waals surface area contributed by atoms with Crippen molar-refractivity contribution < 1.29 is 14.3 Å². The highest BCUT2D eigenvalue weighted by atomic mass is 16.5. The summed E-state index contributed by atoms with van der Waals surface area (Å²) in [7, 11) is 3.69. The van der Waals surface area contributed by atoms with E-state index in [1.54, 1.807) is 12.1 Å². The summed E-state index contributed by atoms with van der Waals surface area (Å²) < 4.78 is 4.95. The fraction of sp³-hybridized carbons (Fsp3) is 0.286. The van der Waals surface area contributed by atoms with E-state index >= 15 is 0 Å². The SMILES string of the molecule is CN(C)CC1=C(NC(=O)Nc2ccccc2)COC1=O. The number of hydrogen-bond acceptors (Lipinski definition) is 4. The van der Waals surface area contributed by atoms with E-state index in [9.17, 15) is 9.59 Å². The van der Waals surface area contributed by atoms with E-state index in [1.165, 1.54) is 0 Å². The molecule has 0 aliphatic carbocycles. The van der Waals surface area contributed by atoms with Crippen molar-refractivity contribution in [2.75, 3.05) is 32.6 Å². The van der Waals surface area contributed by atoms with Gasteiger partial charge < -0.3 is 20.3 Å². The number of benzene rings is 1. The largest absolute Gasteiger partial charge is 0.456 e. The van der Waals surface area contributed by atoms with Gasteiger partial charge in [0.2, 0.25) is 0 Å². The number of urea groups is 1. The highest BCUT2D eigenvalue weighted by Crippen LogP contribution is 2.14. The lowest BCUT2D eigenvalue weighted by atomic mass is 10.2. The van der Waals surface area contributed by atoms with E-state index in [4.69, 9.17) is 4.74 Å². The quantitative estimate of drug-likeness (QED) is 0.810. The van der Waals surface area contributed by atoms with Gasteiger partial charge in [0.1, 0.15) is 6.61 Å². The Kier molecular flexibility index (Phi) is 4.37. The molecule has 0 spiro atoms. The van der Waals surface area contributed by atoms with Crippen LogP contribution in [0.2, 0.25) is 0 Å². The molecule has 1 aliphatic rings. The van der Waals surface area contributed by atoms with Crippen molar-refractivity contribution in [3.8, 4) is 0 Å². The molecule has 0 radical (unpaired) electrons. The molecule has 0 bridgehead atoms. The van der Waals surface area contributed by atoms with Crippen molar-refractivity contribution in [3.05, 3.63) is 41.6 Å². The average molecular weight is 275 g/mol. The maximum Gasteiger partial charge on any atom is 0.337 e. The first-order valence-corrected chi connectivity index (χ1v) is 6.23. The Bertz CT molecular complexity index is 538. The predicted molar refractivity (Wildman–Crippen MR) is 75.1 cm³/mol. The molecule has 0 saturated heterocycles. The third-order valence-corrected chi connectivity index (χ3v) is 2.73. The number of carbonyl (C=O) groups excluding carboxylic acids is 2. The van der Waals surface area contributed by atoms with Crippen molar-refractivity contribution in [3.63, 3.8) is 0 Å². The summed E-state index contributed by atoms with van der Waals surface area (Å²) in [5, 5.41) is 5.36. The summed E-state index contributed by atoms with van der Waals surface area (Å²) in [6, 6.07) is 8.70. The van der Waals surface area contributed by atoms with E-state index in [0.717, 1.165) is 0 Å². The van der Waals surface area contributed by atoms with Gasteiger partial charge in [-0.2, -0.15) is 0 Å². The fourth-order valence-electron chi connectivity index (χ4n) is 1.84. The molecule has 106 valence electrons. The van der Waals surface area contributed by atoms with Gasteiger partial charge in [0, 0.05) is 12.2 Å². The van der Waals surface area contributed by atoms with Crippen LogP contribution in [-0.4, -0.2) is 44.1 Å². The number of carbonyl (C=O) groups is 2. The third kappa shape index (κ3) is 3.58. The highest BCUT2D eigenvalue weighted by Gasteiger charge is 2.26. The lowest BCUT2D eigenvalue weighted by Crippen LogP contribution is -2.30. The summed E-state index contributed by atoms with van der Waals surface area (Å²) in [4.78, 5) is 25.3. The molecule has 6 heteroatoms. The molecule has 20 heavy (non-hydrogen) atoms. The van der Waals surface area contributed by atoms with Crippen LogP contribution < -0.4 is 10.6 Å². The zero-order chi connectivity index (χ0) is 14.5. The number of ether oxygens (including phenoxy) is 1. The number of para-hydroxylation sites is 1. The number of likely N-dealkylation sites (N-methyl/N-ethyl adjacent to an activating group) is 1. The maximum absolute atomic E-state index is 11.9. The summed E-state index contributed by atoms with van der Waals surface area (Å²) in [5.41, 5.74) is 1.68. The number of amides is 2. The number of nitrogens with one attached hydrogen (secondary N) is 2. The van der Waals surface area contributed by atoms with Crippen molar-refractivity contribution in [2.45, 2.75) is 0 Å². The minimum Gasteiger partial charge on any atom is -0.456 e. The molecular formula is C14H17N3O3. The van der Waals surface area contributed by atoms with E-state index < -0.39 is 0 Å². The Morgan fingerprint density at radius 1 is 1.25 bits per heavy atom. The molecule has 0 fully saturated rings. The standard InChI is InChI=1S/C14H17N3O3/c1-17(2)8-11-12(9-20-13(11)18)16-14(19)15-10-6-4-3-5-7-10/h3-7H,8-9H2,1-2H3,(H2,15,16,19). The first kappa shape index (κ1) is 14.1. The van der Waals surface area contributed by atoms with Gasteiger partial charge in [-0.1, -0.05) is 18.2 Å². The number of nitrogens with zero attached hydrogens (tertiary/aromatic N) is 1. The molecule has 0 atom stereocenters. The Labute approximate surface area is 117 Å². The molecule has 1 aromatic carbocycles. The number of hydrogen-bond donors (Lipinski definition) is 2. The summed E-state index contributed by atoms with van der Waals surface area (Å²) >= 11 is 0. The average Bonchev–Trinajstić information content (AvgIpc) is 2.72. The molecule has 2 amide bonds. The highest BCUT2D eigenvalue weighted by molar-refractivity contribution is 5.95. The molecule has 2 rings (SSSR count). The molecule has 2 N–H and O–H groups in total. The van der Waals surface area contributed by atoms with Crippen LogP contribution in [0.4, 0.5) is 10.5 Å². The summed E-state index contributed by atoms with van der Waals surface area (Å²) in [6.45, 7) is 0.532. The predicted octanol–water partition coefficient (Wildman–Crippen LogP) is 1.18. The Hall–Kier alpha value is -2.34. The molecule has 1 aliphatic heterocycles. The molecule has 6 nitrogen and oxygen atoms in total. The Balaban J connectivity index is 2.02. The van der Waals surface area contributed by atoms with Gasteiger partial charge in [0.05, 0.1) is 11.3 Å². The lowest BCUT2D eigenvalue weighted by Gasteiger charge is -2.11. The minimum absolute atomic E-state index is 0.101. The third-order valence-electron chi connectivity index (χ3n) is 2.73. The fourth-order valence-corrected chi connectivity index (χ4v) is 1.84. The number of esters is 1. The lowest BCUT2D eigenvalue weighted by molar-refractivity contribution is -0.136. The van der Waals surface area contributed by atoms with Crippen LogP contribution in [0.5, 0.6) is 0 Å². The zero-order valence-corrected chi connectivity index (χ0v) is 11.5. The van der Waals surface area contributed by atoms with Crippen LogP contribution in [0.25, 0.3) is 0 Å². The summed E-state index contributed by atoms with van der Waals surface area (Å²) in [5.74, 6) is -0.381. The van der Waals surface area contributed by atoms with Crippen LogP contribution in [0, 0.1) is 0 Å². The van der Waals surface area contributed by atoms with Gasteiger partial charge in [-0.25, -0.2) is 9.59 Å². The zero-order valence-electron chi connectivity index (χ0n) is 11.5. The van der Waals surface area contributed by atoms with E-state index in [2.05, 4.69) is 10.6 Å². The molecule has 1 heterocycles.